The molecule has 55 heavy (non-hydrogen) atoms. The van der Waals surface area contributed by atoms with E-state index in [1.165, 1.54) is 65.7 Å². The molecule has 0 spiro atoms. The molecule has 0 radical (unpaired) electrons. The predicted molar refractivity (Wildman–Crippen MR) is 228 cm³/mol. The third kappa shape index (κ3) is 4.89. The summed E-state index contributed by atoms with van der Waals surface area (Å²) in [5.74, 6) is 0.707. The maximum Gasteiger partial charge on any atom is 0.160 e. The lowest BCUT2D eigenvalue weighted by Crippen LogP contribution is -2.28. The number of aromatic nitrogens is 2. The number of hydrogen-bond acceptors (Lipinski definition) is 2. The molecular weight excluding hydrogens is 665 g/mol. The van der Waals surface area contributed by atoms with Gasteiger partial charge in [0.25, 0.3) is 0 Å². The van der Waals surface area contributed by atoms with Gasteiger partial charge >= 0.3 is 0 Å². The van der Waals surface area contributed by atoms with Crippen LogP contribution in [-0.2, 0) is 5.41 Å². The van der Waals surface area contributed by atoms with Crippen molar-refractivity contribution in [1.29, 1.82) is 0 Å². The average Bonchev–Trinajstić information content (AvgIpc) is 3.56. The highest BCUT2D eigenvalue weighted by molar-refractivity contribution is 6.15. The number of rotatable bonds is 5. The van der Waals surface area contributed by atoms with E-state index in [2.05, 4.69) is 200 Å². The van der Waals surface area contributed by atoms with E-state index in [1.54, 1.807) is 0 Å². The number of hydrogen-bond donors (Lipinski definition) is 0. The molecule has 0 atom stereocenters. The molecule has 1 aliphatic rings. The Hall–Kier alpha value is -7.16. The summed E-state index contributed by atoms with van der Waals surface area (Å²) in [6.45, 7) is 0. The Bertz CT molecular complexity index is 3040. The van der Waals surface area contributed by atoms with E-state index in [-0.39, 0.29) is 0 Å². The minimum absolute atomic E-state index is 0.497. The van der Waals surface area contributed by atoms with E-state index in [9.17, 15) is 0 Å². The molecule has 0 fully saturated rings. The first kappa shape index (κ1) is 31.4. The SMILES string of the molecule is c1ccc(-c2nc(-c3ccc4c(c3)C(c3ccccc3)(c3ccccc3)c3ccccc3-4)cc(-c3cccc4c3ccc3cc5ccccc5cc34)n2)cc1. The second kappa shape index (κ2) is 12.5. The van der Waals surface area contributed by atoms with E-state index >= 15 is 0 Å². The van der Waals surface area contributed by atoms with Crippen molar-refractivity contribution >= 4 is 32.3 Å². The molecule has 11 rings (SSSR count). The van der Waals surface area contributed by atoms with Gasteiger partial charge in [0.2, 0.25) is 0 Å². The number of benzene rings is 9. The number of nitrogens with zero attached hydrogens (tertiary/aromatic N) is 2. The predicted octanol–water partition coefficient (Wildman–Crippen LogP) is 13.3. The molecule has 0 aliphatic heterocycles. The van der Waals surface area contributed by atoms with E-state index < -0.39 is 5.41 Å². The van der Waals surface area contributed by atoms with E-state index in [1.807, 2.05) is 6.07 Å². The van der Waals surface area contributed by atoms with E-state index in [0.29, 0.717) is 5.82 Å². The van der Waals surface area contributed by atoms with Crippen molar-refractivity contribution < 1.29 is 0 Å². The largest absolute Gasteiger partial charge is 0.228 e. The van der Waals surface area contributed by atoms with Crippen molar-refractivity contribution in [2.45, 2.75) is 5.41 Å². The third-order valence-corrected chi connectivity index (χ3v) is 11.5. The zero-order valence-electron chi connectivity index (χ0n) is 30.0. The van der Waals surface area contributed by atoms with Crippen molar-refractivity contribution in [3.8, 4) is 45.0 Å². The normalized spacial score (nSPS) is 12.9. The Morgan fingerprint density at radius 3 is 1.69 bits per heavy atom. The molecule has 256 valence electrons. The highest BCUT2D eigenvalue weighted by atomic mass is 14.9. The van der Waals surface area contributed by atoms with Gasteiger partial charge < -0.3 is 0 Å². The summed E-state index contributed by atoms with van der Waals surface area (Å²) >= 11 is 0. The van der Waals surface area contributed by atoms with Gasteiger partial charge in [-0.2, -0.15) is 0 Å². The third-order valence-electron chi connectivity index (χ3n) is 11.5. The molecule has 2 nitrogen and oxygen atoms in total. The molecule has 0 unspecified atom stereocenters. The molecule has 0 saturated carbocycles. The van der Waals surface area contributed by atoms with E-state index in [4.69, 9.17) is 9.97 Å². The minimum atomic E-state index is -0.497. The van der Waals surface area contributed by atoms with Crippen molar-refractivity contribution in [2.24, 2.45) is 0 Å². The van der Waals surface area contributed by atoms with Gasteiger partial charge in [0.15, 0.2) is 5.82 Å². The van der Waals surface area contributed by atoms with Crippen LogP contribution in [0.5, 0.6) is 0 Å². The molecule has 0 N–H and O–H groups in total. The summed E-state index contributed by atoms with van der Waals surface area (Å²) < 4.78 is 0. The molecule has 0 amide bonds. The second-order valence-corrected chi connectivity index (χ2v) is 14.5. The van der Waals surface area contributed by atoms with Crippen LogP contribution >= 0.6 is 0 Å². The molecule has 2 heteroatoms. The molecule has 9 aromatic carbocycles. The van der Waals surface area contributed by atoms with Crippen molar-refractivity contribution in [3.05, 3.63) is 229 Å². The fourth-order valence-electron chi connectivity index (χ4n) is 9.06. The summed E-state index contributed by atoms with van der Waals surface area (Å²) in [5, 5.41) is 7.35. The van der Waals surface area contributed by atoms with Crippen LogP contribution in [0.1, 0.15) is 22.3 Å². The molecule has 10 aromatic rings. The summed E-state index contributed by atoms with van der Waals surface area (Å²) in [6.07, 6.45) is 0. The van der Waals surface area contributed by atoms with Gasteiger partial charge in [-0.05, 0) is 90.0 Å². The fraction of sp³-hybridized carbons (Fsp3) is 0.0189. The van der Waals surface area contributed by atoms with Crippen LogP contribution in [0, 0.1) is 0 Å². The minimum Gasteiger partial charge on any atom is -0.228 e. The summed E-state index contributed by atoms with van der Waals surface area (Å²) in [4.78, 5) is 10.6. The Kier molecular flexibility index (Phi) is 7.11. The summed E-state index contributed by atoms with van der Waals surface area (Å²) in [6, 6.07) is 74.6. The first-order valence-corrected chi connectivity index (χ1v) is 18.9. The molecule has 0 bridgehead atoms. The van der Waals surface area contributed by atoms with Gasteiger partial charge in [-0.15, -0.1) is 0 Å². The van der Waals surface area contributed by atoms with Gasteiger partial charge in [0, 0.05) is 16.7 Å². The fourth-order valence-corrected chi connectivity index (χ4v) is 9.06. The maximum absolute atomic E-state index is 5.32. The standard InChI is InChI=1S/C53H34N2/c1-4-15-35(16-5-1)52-54-50(34-51(55-52)46-25-14-24-42-43(46)29-27-38-31-36-17-10-11-18-37(36)32-47(38)42)39-28-30-45-44-23-12-13-26-48(44)53(49(45)33-39,40-19-6-2-7-20-40)41-21-8-3-9-22-41/h1-34H. The highest BCUT2D eigenvalue weighted by Crippen LogP contribution is 2.56. The molecular formula is C53H34N2. The molecule has 1 aromatic heterocycles. The van der Waals surface area contributed by atoms with Crippen LogP contribution in [0.15, 0.2) is 206 Å². The Labute approximate surface area is 320 Å². The second-order valence-electron chi connectivity index (χ2n) is 14.5. The van der Waals surface area contributed by atoms with Crippen LogP contribution < -0.4 is 0 Å². The topological polar surface area (TPSA) is 25.8 Å². The van der Waals surface area contributed by atoms with Crippen LogP contribution in [0.25, 0.3) is 77.3 Å². The first-order chi connectivity index (χ1) is 27.3. The van der Waals surface area contributed by atoms with Gasteiger partial charge in [-0.3, -0.25) is 0 Å². The number of fused-ring (bicyclic) bond motifs is 7. The smallest absolute Gasteiger partial charge is 0.160 e. The maximum atomic E-state index is 5.32. The molecule has 1 aliphatic carbocycles. The Balaban J connectivity index is 1.16. The lowest BCUT2D eigenvalue weighted by atomic mass is 9.67. The lowest BCUT2D eigenvalue weighted by molar-refractivity contribution is 0.768. The zero-order valence-corrected chi connectivity index (χ0v) is 30.0. The molecule has 0 saturated heterocycles. The van der Waals surface area contributed by atoms with Crippen molar-refractivity contribution in [3.63, 3.8) is 0 Å². The summed E-state index contributed by atoms with van der Waals surface area (Å²) in [5.41, 5.74) is 12.0. The van der Waals surface area contributed by atoms with Gasteiger partial charge in [-0.1, -0.05) is 182 Å². The quantitative estimate of drug-likeness (QED) is 0.132. The first-order valence-electron chi connectivity index (χ1n) is 18.9. The Morgan fingerprint density at radius 2 is 0.927 bits per heavy atom. The van der Waals surface area contributed by atoms with Gasteiger partial charge in [0.1, 0.15) is 0 Å². The van der Waals surface area contributed by atoms with Crippen molar-refractivity contribution in [2.75, 3.05) is 0 Å². The van der Waals surface area contributed by atoms with Crippen LogP contribution in [-0.4, -0.2) is 9.97 Å². The Morgan fingerprint density at radius 1 is 0.309 bits per heavy atom. The van der Waals surface area contributed by atoms with Crippen LogP contribution in [0.3, 0.4) is 0 Å². The van der Waals surface area contributed by atoms with E-state index in [0.717, 1.165) is 28.1 Å². The average molecular weight is 699 g/mol. The lowest BCUT2D eigenvalue weighted by Gasteiger charge is -2.34. The summed E-state index contributed by atoms with van der Waals surface area (Å²) in [7, 11) is 0. The van der Waals surface area contributed by atoms with Crippen LogP contribution in [0.4, 0.5) is 0 Å². The van der Waals surface area contributed by atoms with Gasteiger partial charge in [0.05, 0.1) is 16.8 Å². The van der Waals surface area contributed by atoms with Crippen LogP contribution in [0.2, 0.25) is 0 Å². The zero-order chi connectivity index (χ0) is 36.3. The van der Waals surface area contributed by atoms with Gasteiger partial charge in [-0.25, -0.2) is 9.97 Å². The monoisotopic (exact) mass is 698 g/mol. The molecule has 1 heterocycles. The highest BCUT2D eigenvalue weighted by Gasteiger charge is 2.46. The van der Waals surface area contributed by atoms with Crippen molar-refractivity contribution in [1.82, 2.24) is 9.97 Å².